The van der Waals surface area contributed by atoms with Gasteiger partial charge in [0.25, 0.3) is 0 Å². The van der Waals surface area contributed by atoms with E-state index in [9.17, 15) is 9.59 Å². The van der Waals surface area contributed by atoms with Crippen molar-refractivity contribution in [2.45, 2.75) is 46.5 Å². The highest BCUT2D eigenvalue weighted by molar-refractivity contribution is 5.77. The molecule has 122 valence electrons. The molecule has 0 aromatic heterocycles. The van der Waals surface area contributed by atoms with Crippen molar-refractivity contribution >= 4 is 11.9 Å². The van der Waals surface area contributed by atoms with Crippen LogP contribution in [0.2, 0.25) is 0 Å². The molecule has 0 aromatic rings. The van der Waals surface area contributed by atoms with Crippen LogP contribution in [0.15, 0.2) is 0 Å². The Kier molecular flexibility index (Phi) is 7.72. The first-order valence-corrected chi connectivity index (χ1v) is 8.12. The fourth-order valence-electron chi connectivity index (χ4n) is 2.93. The fraction of sp³-hybridized carbons (Fsp3) is 0.875. The van der Waals surface area contributed by atoms with Crippen molar-refractivity contribution in [2.24, 2.45) is 23.5 Å². The molecule has 0 bridgehead atoms. The van der Waals surface area contributed by atoms with Crippen LogP contribution in [-0.4, -0.2) is 43.0 Å². The topological polar surface area (TPSA) is 72.6 Å². The lowest BCUT2D eigenvalue weighted by Gasteiger charge is -2.32. The van der Waals surface area contributed by atoms with Crippen molar-refractivity contribution in [3.8, 4) is 0 Å². The summed E-state index contributed by atoms with van der Waals surface area (Å²) in [4.78, 5) is 25.9. The number of likely N-dealkylation sites (tertiary alicyclic amines) is 1. The van der Waals surface area contributed by atoms with E-state index in [1.54, 1.807) is 0 Å². The molecule has 0 aliphatic carbocycles. The van der Waals surface area contributed by atoms with E-state index >= 15 is 0 Å². The molecule has 0 aromatic carbocycles. The number of hydrogen-bond donors (Lipinski definition) is 1. The Morgan fingerprint density at radius 1 is 1.29 bits per heavy atom. The zero-order chi connectivity index (χ0) is 15.8. The van der Waals surface area contributed by atoms with Gasteiger partial charge in [-0.05, 0) is 44.6 Å². The number of nitrogens with two attached hydrogens (primary N) is 1. The second-order valence-electron chi connectivity index (χ2n) is 6.34. The summed E-state index contributed by atoms with van der Waals surface area (Å²) in [5.74, 6) is 0.828. The van der Waals surface area contributed by atoms with Crippen LogP contribution in [0.1, 0.15) is 46.5 Å². The van der Waals surface area contributed by atoms with Crippen molar-refractivity contribution in [3.63, 3.8) is 0 Å². The Labute approximate surface area is 128 Å². The van der Waals surface area contributed by atoms with Gasteiger partial charge in [0.1, 0.15) is 0 Å². The van der Waals surface area contributed by atoms with Crippen LogP contribution in [-0.2, 0) is 14.3 Å². The third kappa shape index (κ3) is 6.04. The molecular formula is C16H30N2O3. The predicted molar refractivity (Wildman–Crippen MR) is 82.6 cm³/mol. The number of carbonyl (C=O) groups is 2. The zero-order valence-corrected chi connectivity index (χ0v) is 13.6. The van der Waals surface area contributed by atoms with Crippen LogP contribution in [0.5, 0.6) is 0 Å². The van der Waals surface area contributed by atoms with E-state index in [2.05, 4.69) is 13.8 Å². The molecule has 5 nitrogen and oxygen atoms in total. The standard InChI is InChI=1S/C16H30N2O3/c1-4-21-16(20)14-5-7-18(8-6-14)15(19)10-13(11-17)9-12(2)3/h12-14H,4-11,17H2,1-3H3. The Morgan fingerprint density at radius 3 is 2.38 bits per heavy atom. The maximum Gasteiger partial charge on any atom is 0.309 e. The quantitative estimate of drug-likeness (QED) is 0.727. The molecule has 21 heavy (non-hydrogen) atoms. The van der Waals surface area contributed by atoms with Gasteiger partial charge < -0.3 is 15.4 Å². The normalized spacial score (nSPS) is 17.9. The van der Waals surface area contributed by atoms with E-state index in [1.165, 1.54) is 0 Å². The monoisotopic (exact) mass is 298 g/mol. The Bertz CT molecular complexity index is 336. The lowest BCUT2D eigenvalue weighted by Crippen LogP contribution is -2.41. The molecule has 1 aliphatic heterocycles. The van der Waals surface area contributed by atoms with Crippen molar-refractivity contribution < 1.29 is 14.3 Å². The van der Waals surface area contributed by atoms with Gasteiger partial charge in [-0.25, -0.2) is 0 Å². The number of rotatable bonds is 7. The molecule has 1 atom stereocenters. The van der Waals surface area contributed by atoms with E-state index in [-0.39, 0.29) is 23.7 Å². The van der Waals surface area contributed by atoms with Crippen LogP contribution in [0.3, 0.4) is 0 Å². The Morgan fingerprint density at radius 2 is 1.90 bits per heavy atom. The summed E-state index contributed by atoms with van der Waals surface area (Å²) in [6, 6.07) is 0. The maximum atomic E-state index is 12.3. The minimum absolute atomic E-state index is 0.0463. The SMILES string of the molecule is CCOC(=O)C1CCN(C(=O)CC(CN)CC(C)C)CC1. The minimum Gasteiger partial charge on any atom is -0.466 e. The largest absolute Gasteiger partial charge is 0.466 e. The maximum absolute atomic E-state index is 12.3. The summed E-state index contributed by atoms with van der Waals surface area (Å²) in [6.07, 6.45) is 2.93. The predicted octanol–water partition coefficient (Wildman–Crippen LogP) is 1.80. The molecule has 1 fully saturated rings. The van der Waals surface area contributed by atoms with E-state index in [0.717, 1.165) is 6.42 Å². The van der Waals surface area contributed by atoms with Gasteiger partial charge in [-0.3, -0.25) is 9.59 Å². The number of amides is 1. The molecule has 1 unspecified atom stereocenters. The number of piperidine rings is 1. The second kappa shape index (κ2) is 9.03. The molecule has 0 saturated carbocycles. The van der Waals surface area contributed by atoms with Crippen molar-refractivity contribution in [1.82, 2.24) is 4.90 Å². The average Bonchev–Trinajstić information content (AvgIpc) is 2.46. The molecule has 5 heteroatoms. The summed E-state index contributed by atoms with van der Waals surface area (Å²) >= 11 is 0. The third-order valence-electron chi connectivity index (χ3n) is 4.07. The molecule has 1 saturated heterocycles. The number of ether oxygens (including phenoxy) is 1. The van der Waals surface area contributed by atoms with Gasteiger partial charge in [0, 0.05) is 19.5 Å². The second-order valence-corrected chi connectivity index (χ2v) is 6.34. The van der Waals surface area contributed by atoms with E-state index < -0.39 is 0 Å². The average molecular weight is 298 g/mol. The van der Waals surface area contributed by atoms with E-state index in [0.29, 0.717) is 51.4 Å². The highest BCUT2D eigenvalue weighted by Gasteiger charge is 2.28. The summed E-state index contributed by atoms with van der Waals surface area (Å²) in [5.41, 5.74) is 5.76. The van der Waals surface area contributed by atoms with Crippen molar-refractivity contribution in [1.29, 1.82) is 0 Å². The molecule has 1 heterocycles. The molecular weight excluding hydrogens is 268 g/mol. The van der Waals surface area contributed by atoms with Crippen LogP contribution >= 0.6 is 0 Å². The Balaban J connectivity index is 2.39. The van der Waals surface area contributed by atoms with Crippen LogP contribution in [0.4, 0.5) is 0 Å². The number of hydrogen-bond acceptors (Lipinski definition) is 4. The molecule has 2 N–H and O–H groups in total. The van der Waals surface area contributed by atoms with Gasteiger partial charge in [-0.1, -0.05) is 13.8 Å². The smallest absolute Gasteiger partial charge is 0.309 e. The van der Waals surface area contributed by atoms with Crippen molar-refractivity contribution in [3.05, 3.63) is 0 Å². The molecule has 0 spiro atoms. The number of carbonyl (C=O) groups excluding carboxylic acids is 2. The third-order valence-corrected chi connectivity index (χ3v) is 4.07. The molecule has 1 amide bonds. The first-order valence-electron chi connectivity index (χ1n) is 8.12. The summed E-state index contributed by atoms with van der Waals surface area (Å²) < 4.78 is 5.04. The first kappa shape index (κ1) is 18.0. The molecule has 1 aliphatic rings. The summed E-state index contributed by atoms with van der Waals surface area (Å²) in [7, 11) is 0. The van der Waals surface area contributed by atoms with Gasteiger partial charge in [0.2, 0.25) is 5.91 Å². The number of nitrogens with zero attached hydrogens (tertiary/aromatic N) is 1. The summed E-state index contributed by atoms with van der Waals surface area (Å²) in [6.45, 7) is 8.41. The fourth-order valence-corrected chi connectivity index (χ4v) is 2.93. The highest BCUT2D eigenvalue weighted by Crippen LogP contribution is 2.21. The zero-order valence-electron chi connectivity index (χ0n) is 13.6. The van der Waals surface area contributed by atoms with Crippen LogP contribution < -0.4 is 5.73 Å². The van der Waals surface area contributed by atoms with Gasteiger partial charge in [0.05, 0.1) is 12.5 Å². The van der Waals surface area contributed by atoms with E-state index in [4.69, 9.17) is 10.5 Å². The van der Waals surface area contributed by atoms with Gasteiger partial charge in [-0.2, -0.15) is 0 Å². The van der Waals surface area contributed by atoms with Crippen LogP contribution in [0, 0.1) is 17.8 Å². The van der Waals surface area contributed by atoms with E-state index in [1.807, 2.05) is 11.8 Å². The lowest BCUT2D eigenvalue weighted by molar-refractivity contribution is -0.151. The van der Waals surface area contributed by atoms with Gasteiger partial charge >= 0.3 is 5.97 Å². The first-order chi connectivity index (χ1) is 9.97. The minimum atomic E-state index is -0.121. The van der Waals surface area contributed by atoms with Gasteiger partial charge in [0.15, 0.2) is 0 Å². The van der Waals surface area contributed by atoms with Crippen LogP contribution in [0.25, 0.3) is 0 Å². The number of esters is 1. The highest BCUT2D eigenvalue weighted by atomic mass is 16.5. The van der Waals surface area contributed by atoms with Crippen molar-refractivity contribution in [2.75, 3.05) is 26.2 Å². The summed E-state index contributed by atoms with van der Waals surface area (Å²) in [5, 5.41) is 0. The lowest BCUT2D eigenvalue weighted by atomic mass is 9.92. The Hall–Kier alpha value is -1.10. The van der Waals surface area contributed by atoms with Gasteiger partial charge in [-0.15, -0.1) is 0 Å². The molecule has 1 rings (SSSR count). The molecule has 0 radical (unpaired) electrons.